The third-order valence-corrected chi connectivity index (χ3v) is 2.27. The van der Waals surface area contributed by atoms with Gasteiger partial charge in [-0.2, -0.15) is 0 Å². The number of nitrogens with two attached hydrogens (primary N) is 1. The number of para-hydroxylation sites is 2. The summed E-state index contributed by atoms with van der Waals surface area (Å²) in [6, 6.07) is 5.30. The summed E-state index contributed by atoms with van der Waals surface area (Å²) in [6.07, 6.45) is -2.07. The first-order valence-electron chi connectivity index (χ1n) is 5.79. The molecule has 0 aliphatic heterocycles. The molecule has 0 fully saturated rings. The molecule has 1 unspecified atom stereocenters. The van der Waals surface area contributed by atoms with E-state index in [4.69, 9.17) is 10.5 Å². The van der Waals surface area contributed by atoms with E-state index in [2.05, 4.69) is 5.32 Å². The topological polar surface area (TPSA) is 142 Å². The molecule has 0 aromatic heterocycles. The molecule has 0 aliphatic carbocycles. The lowest BCUT2D eigenvalue weighted by Gasteiger charge is -2.16. The quantitative estimate of drug-likeness (QED) is 0.311. The van der Waals surface area contributed by atoms with Crippen molar-refractivity contribution in [2.75, 3.05) is 0 Å². The van der Waals surface area contributed by atoms with E-state index in [0.717, 1.165) is 0 Å². The average Bonchev–Trinajstić information content (AvgIpc) is 2.37. The molecule has 0 radical (unpaired) electrons. The van der Waals surface area contributed by atoms with Crippen LogP contribution in [-0.4, -0.2) is 28.7 Å². The monoisotopic (exact) mass is 295 g/mol. The van der Waals surface area contributed by atoms with E-state index in [9.17, 15) is 24.5 Å². The summed E-state index contributed by atoms with van der Waals surface area (Å²) in [5.41, 5.74) is 4.67. The summed E-state index contributed by atoms with van der Waals surface area (Å²) in [6.45, 7) is 1.20. The molecule has 0 aliphatic rings. The second-order valence-electron chi connectivity index (χ2n) is 4.07. The minimum atomic E-state index is -1.61. The Morgan fingerprint density at radius 3 is 2.52 bits per heavy atom. The van der Waals surface area contributed by atoms with Gasteiger partial charge in [-0.15, -0.1) is 0 Å². The van der Waals surface area contributed by atoms with Gasteiger partial charge >= 0.3 is 5.69 Å². The Labute approximate surface area is 119 Å². The van der Waals surface area contributed by atoms with Gasteiger partial charge in [0.1, 0.15) is 5.78 Å². The highest BCUT2D eigenvalue weighted by Gasteiger charge is 2.24. The number of benzene rings is 1. The van der Waals surface area contributed by atoms with Gasteiger partial charge in [0.15, 0.2) is 5.75 Å². The lowest BCUT2D eigenvalue weighted by molar-refractivity contribution is -0.386. The number of ketones is 1. The smallest absolute Gasteiger partial charge is 0.311 e. The highest BCUT2D eigenvalue weighted by molar-refractivity contribution is 5.98. The van der Waals surface area contributed by atoms with Gasteiger partial charge in [-0.05, 0) is 13.0 Å². The Hall–Kier alpha value is -2.97. The maximum Gasteiger partial charge on any atom is 0.311 e. The first-order chi connectivity index (χ1) is 9.81. The van der Waals surface area contributed by atoms with E-state index in [1.54, 1.807) is 0 Å². The molecule has 1 aromatic carbocycles. The van der Waals surface area contributed by atoms with Gasteiger partial charge in [-0.3, -0.25) is 24.5 Å². The van der Waals surface area contributed by atoms with Crippen LogP contribution in [0.5, 0.6) is 5.75 Å². The highest BCUT2D eigenvalue weighted by atomic mass is 16.6. The second-order valence-corrected chi connectivity index (χ2v) is 4.07. The predicted molar refractivity (Wildman–Crippen MR) is 70.1 cm³/mol. The van der Waals surface area contributed by atoms with Gasteiger partial charge in [0.05, 0.1) is 11.3 Å². The number of primary amides is 1. The van der Waals surface area contributed by atoms with Gasteiger partial charge in [0.2, 0.25) is 5.91 Å². The van der Waals surface area contributed by atoms with Crippen LogP contribution < -0.4 is 15.8 Å². The number of hydrogen-bond acceptors (Lipinski definition) is 6. The normalized spacial score (nSPS) is 11.3. The van der Waals surface area contributed by atoms with Gasteiger partial charge < -0.3 is 15.8 Å². The molecular formula is C12H13N3O6. The highest BCUT2D eigenvalue weighted by Crippen LogP contribution is 2.26. The molecule has 0 saturated carbocycles. The molecular weight excluding hydrogens is 282 g/mol. The number of Topliss-reactive ketones (excluding diaryl/α,β-unsaturated/α-hetero) is 1. The van der Waals surface area contributed by atoms with E-state index >= 15 is 0 Å². The summed E-state index contributed by atoms with van der Waals surface area (Å²) >= 11 is 0. The van der Waals surface area contributed by atoms with Crippen LogP contribution in [0, 0.1) is 10.1 Å². The van der Waals surface area contributed by atoms with Crippen LogP contribution in [0.25, 0.3) is 0 Å². The third kappa shape index (κ3) is 4.90. The van der Waals surface area contributed by atoms with Crippen molar-refractivity contribution in [1.29, 1.82) is 0 Å². The van der Waals surface area contributed by atoms with E-state index in [1.165, 1.54) is 31.2 Å². The second kappa shape index (κ2) is 6.98. The Bertz CT molecular complexity index is 586. The van der Waals surface area contributed by atoms with Crippen LogP contribution >= 0.6 is 0 Å². The van der Waals surface area contributed by atoms with Gasteiger partial charge in [-0.25, -0.2) is 0 Å². The molecule has 2 amide bonds. The number of nitro groups is 1. The van der Waals surface area contributed by atoms with Crippen LogP contribution in [0.2, 0.25) is 0 Å². The number of amides is 2. The number of rotatable bonds is 7. The summed E-state index contributed by atoms with van der Waals surface area (Å²) in [5, 5.41) is 12.9. The summed E-state index contributed by atoms with van der Waals surface area (Å²) in [4.78, 5) is 43.6. The molecule has 0 heterocycles. The van der Waals surface area contributed by atoms with Crippen molar-refractivity contribution in [3.8, 4) is 5.75 Å². The largest absolute Gasteiger partial charge is 0.454 e. The predicted octanol–water partition coefficient (Wildman–Crippen LogP) is -0.120. The van der Waals surface area contributed by atoms with E-state index < -0.39 is 35.2 Å². The molecule has 1 atom stereocenters. The van der Waals surface area contributed by atoms with E-state index in [1.807, 2.05) is 0 Å². The number of carbonyl (C=O) groups is 3. The SMILES string of the molecule is CC(=O)CC(=O)NC(Oc1ccccc1[N+](=O)[O-])C(N)=O. The fraction of sp³-hybridized carbons (Fsp3) is 0.250. The molecule has 0 spiro atoms. The Balaban J connectivity index is 2.89. The van der Waals surface area contributed by atoms with Crippen molar-refractivity contribution in [3.63, 3.8) is 0 Å². The maximum atomic E-state index is 11.4. The lowest BCUT2D eigenvalue weighted by Crippen LogP contribution is -2.48. The van der Waals surface area contributed by atoms with Crippen LogP contribution in [0.15, 0.2) is 24.3 Å². The number of hydrogen-bond donors (Lipinski definition) is 2. The van der Waals surface area contributed by atoms with Gasteiger partial charge in [0.25, 0.3) is 12.1 Å². The maximum absolute atomic E-state index is 11.4. The molecule has 0 saturated heterocycles. The van der Waals surface area contributed by atoms with Gasteiger partial charge in [0, 0.05) is 6.07 Å². The van der Waals surface area contributed by atoms with Crippen molar-refractivity contribution in [2.45, 2.75) is 19.6 Å². The Kier molecular flexibility index (Phi) is 5.35. The van der Waals surface area contributed by atoms with E-state index in [0.29, 0.717) is 0 Å². The molecule has 21 heavy (non-hydrogen) atoms. The zero-order valence-electron chi connectivity index (χ0n) is 11.1. The number of carbonyl (C=O) groups excluding carboxylic acids is 3. The number of nitrogens with zero attached hydrogens (tertiary/aromatic N) is 1. The van der Waals surface area contributed by atoms with Crippen molar-refractivity contribution < 1.29 is 24.0 Å². The zero-order chi connectivity index (χ0) is 16.0. The standard InChI is InChI=1S/C12H13N3O6/c1-7(16)6-10(17)14-12(11(13)18)21-9-5-3-2-4-8(9)15(19)20/h2-5,12H,6H2,1H3,(H2,13,18)(H,14,17). The number of nitrogens with one attached hydrogen (secondary N) is 1. The molecule has 1 aromatic rings. The Morgan fingerprint density at radius 2 is 2.00 bits per heavy atom. The molecule has 0 bridgehead atoms. The van der Waals surface area contributed by atoms with Crippen molar-refractivity contribution in [3.05, 3.63) is 34.4 Å². The molecule has 1 rings (SSSR count). The fourth-order valence-electron chi connectivity index (χ4n) is 1.42. The van der Waals surface area contributed by atoms with Crippen LogP contribution in [-0.2, 0) is 14.4 Å². The summed E-state index contributed by atoms with van der Waals surface area (Å²) in [5.74, 6) is -2.47. The van der Waals surface area contributed by atoms with Crippen LogP contribution in [0.3, 0.4) is 0 Å². The number of nitro benzene ring substituents is 1. The van der Waals surface area contributed by atoms with Gasteiger partial charge in [-0.1, -0.05) is 12.1 Å². The first-order valence-corrected chi connectivity index (χ1v) is 5.79. The minimum Gasteiger partial charge on any atom is -0.454 e. The fourth-order valence-corrected chi connectivity index (χ4v) is 1.42. The van der Waals surface area contributed by atoms with Crippen molar-refractivity contribution >= 4 is 23.3 Å². The minimum absolute atomic E-state index is 0.227. The number of ether oxygens (including phenoxy) is 1. The van der Waals surface area contributed by atoms with Crippen LogP contribution in [0.1, 0.15) is 13.3 Å². The van der Waals surface area contributed by atoms with Crippen molar-refractivity contribution in [2.24, 2.45) is 5.73 Å². The molecule has 112 valence electrons. The third-order valence-electron chi connectivity index (χ3n) is 2.27. The average molecular weight is 295 g/mol. The summed E-state index contributed by atoms with van der Waals surface area (Å²) in [7, 11) is 0. The lowest BCUT2D eigenvalue weighted by atomic mass is 10.3. The van der Waals surface area contributed by atoms with Crippen molar-refractivity contribution in [1.82, 2.24) is 5.32 Å². The Morgan fingerprint density at radius 1 is 1.38 bits per heavy atom. The molecule has 9 nitrogen and oxygen atoms in total. The first kappa shape index (κ1) is 16.1. The molecule has 3 N–H and O–H groups in total. The molecule has 9 heteroatoms. The van der Waals surface area contributed by atoms with Crippen LogP contribution in [0.4, 0.5) is 5.69 Å². The summed E-state index contributed by atoms with van der Waals surface area (Å²) < 4.78 is 5.06. The zero-order valence-corrected chi connectivity index (χ0v) is 11.1. The van der Waals surface area contributed by atoms with E-state index in [-0.39, 0.29) is 11.4 Å².